The molecule has 2 heterocycles. The molecule has 3 rings (SSSR count). The molecule has 5 nitrogen and oxygen atoms in total. The molecule has 0 atom stereocenters. The van der Waals surface area contributed by atoms with Crippen molar-refractivity contribution in [3.63, 3.8) is 0 Å². The summed E-state index contributed by atoms with van der Waals surface area (Å²) in [5.41, 5.74) is 1.84. The molecule has 2 aromatic heterocycles. The van der Waals surface area contributed by atoms with E-state index in [2.05, 4.69) is 15.0 Å². The number of aromatic nitrogens is 4. The molecule has 0 saturated heterocycles. The third kappa shape index (κ3) is 1.67. The molecule has 1 aromatic carbocycles. The summed E-state index contributed by atoms with van der Waals surface area (Å²) in [6.45, 7) is 0.335. The van der Waals surface area contributed by atoms with Gasteiger partial charge in [0.05, 0.1) is 19.2 Å². The number of nitrogens with zero attached hydrogens (tertiary/aromatic N) is 3. The molecule has 0 saturated carbocycles. The quantitative estimate of drug-likeness (QED) is 0.714. The van der Waals surface area contributed by atoms with Crippen molar-refractivity contribution in [1.29, 1.82) is 5.41 Å². The molecule has 0 spiro atoms. The van der Waals surface area contributed by atoms with Gasteiger partial charge < -0.3 is 9.55 Å². The summed E-state index contributed by atoms with van der Waals surface area (Å²) in [6.07, 6.45) is 3.00. The maximum atomic E-state index is 13.6. The summed E-state index contributed by atoms with van der Waals surface area (Å²) in [6, 6.07) is 6.57. The van der Waals surface area contributed by atoms with Crippen LogP contribution < -0.4 is 5.49 Å². The SMILES string of the molecule is N=c1ncn(Cc2ccccc2F)c2nc[nH]c12. The van der Waals surface area contributed by atoms with E-state index in [-0.39, 0.29) is 11.3 Å². The molecular weight excluding hydrogens is 233 g/mol. The molecule has 0 aliphatic rings. The summed E-state index contributed by atoms with van der Waals surface area (Å²) in [7, 11) is 0. The van der Waals surface area contributed by atoms with Crippen molar-refractivity contribution in [3.8, 4) is 0 Å². The Morgan fingerprint density at radius 3 is 2.94 bits per heavy atom. The van der Waals surface area contributed by atoms with E-state index in [0.29, 0.717) is 23.3 Å². The second-order valence-corrected chi connectivity index (χ2v) is 3.91. The zero-order valence-electron chi connectivity index (χ0n) is 9.39. The lowest BCUT2D eigenvalue weighted by molar-refractivity contribution is 0.599. The average Bonchev–Trinajstić information content (AvgIpc) is 2.85. The third-order valence-corrected chi connectivity index (χ3v) is 2.75. The van der Waals surface area contributed by atoms with Gasteiger partial charge in [0.15, 0.2) is 11.1 Å². The number of rotatable bonds is 2. The number of H-pyrrole nitrogens is 1. The van der Waals surface area contributed by atoms with Crippen LogP contribution in [0, 0.1) is 11.2 Å². The van der Waals surface area contributed by atoms with E-state index in [1.807, 2.05) is 0 Å². The number of fused-ring (bicyclic) bond motifs is 1. The number of halogens is 1. The molecule has 90 valence electrons. The van der Waals surface area contributed by atoms with Gasteiger partial charge in [-0.05, 0) is 6.07 Å². The minimum atomic E-state index is -0.261. The molecule has 0 aliphatic carbocycles. The van der Waals surface area contributed by atoms with Crippen molar-refractivity contribution < 1.29 is 4.39 Å². The molecule has 2 N–H and O–H groups in total. The lowest BCUT2D eigenvalue weighted by atomic mass is 10.2. The molecule has 0 amide bonds. The maximum absolute atomic E-state index is 13.6. The summed E-state index contributed by atoms with van der Waals surface area (Å²) >= 11 is 0. The average molecular weight is 243 g/mol. The normalized spacial score (nSPS) is 10.9. The van der Waals surface area contributed by atoms with Gasteiger partial charge in [0.25, 0.3) is 0 Å². The van der Waals surface area contributed by atoms with Gasteiger partial charge in [0, 0.05) is 5.56 Å². The fourth-order valence-corrected chi connectivity index (χ4v) is 1.85. The first-order valence-corrected chi connectivity index (χ1v) is 5.42. The van der Waals surface area contributed by atoms with Gasteiger partial charge in [-0.2, -0.15) is 0 Å². The van der Waals surface area contributed by atoms with Gasteiger partial charge in [-0.25, -0.2) is 14.4 Å². The van der Waals surface area contributed by atoms with Crippen LogP contribution in [0.25, 0.3) is 11.2 Å². The van der Waals surface area contributed by atoms with Gasteiger partial charge in [-0.1, -0.05) is 18.2 Å². The number of hydrogen-bond donors (Lipinski definition) is 2. The van der Waals surface area contributed by atoms with Crippen LogP contribution in [-0.2, 0) is 6.54 Å². The first kappa shape index (κ1) is 10.6. The van der Waals surface area contributed by atoms with E-state index in [0.717, 1.165) is 0 Å². The third-order valence-electron chi connectivity index (χ3n) is 2.75. The van der Waals surface area contributed by atoms with Crippen LogP contribution in [0.5, 0.6) is 0 Å². The molecule has 18 heavy (non-hydrogen) atoms. The number of nitrogens with one attached hydrogen (secondary N) is 2. The molecule has 0 unspecified atom stereocenters. The summed E-state index contributed by atoms with van der Waals surface area (Å²) in [5.74, 6) is -0.261. The Morgan fingerprint density at radius 1 is 1.28 bits per heavy atom. The molecule has 3 aromatic rings. The Kier molecular flexibility index (Phi) is 2.40. The highest BCUT2D eigenvalue weighted by atomic mass is 19.1. The van der Waals surface area contributed by atoms with Crippen LogP contribution in [0.1, 0.15) is 5.56 Å². The largest absolute Gasteiger partial charge is 0.340 e. The predicted molar refractivity (Wildman–Crippen MR) is 63.2 cm³/mol. The highest BCUT2D eigenvalue weighted by Crippen LogP contribution is 2.10. The lowest BCUT2D eigenvalue weighted by Gasteiger charge is -2.07. The molecule has 6 heteroatoms. The predicted octanol–water partition coefficient (Wildman–Crippen LogP) is 1.43. The number of benzene rings is 1. The van der Waals surface area contributed by atoms with Gasteiger partial charge >= 0.3 is 0 Å². The molecule has 0 fully saturated rings. The van der Waals surface area contributed by atoms with E-state index >= 15 is 0 Å². The second-order valence-electron chi connectivity index (χ2n) is 3.91. The molecular formula is C12H10FN5. The summed E-state index contributed by atoms with van der Waals surface area (Å²) < 4.78 is 15.3. The Morgan fingerprint density at radius 2 is 2.11 bits per heavy atom. The highest BCUT2D eigenvalue weighted by Gasteiger charge is 2.07. The van der Waals surface area contributed by atoms with Gasteiger partial charge in [0.2, 0.25) is 0 Å². The number of aromatic amines is 1. The monoisotopic (exact) mass is 243 g/mol. The topological polar surface area (TPSA) is 70.3 Å². The fourth-order valence-electron chi connectivity index (χ4n) is 1.85. The minimum absolute atomic E-state index is 0.132. The summed E-state index contributed by atoms with van der Waals surface area (Å²) in [4.78, 5) is 10.9. The van der Waals surface area contributed by atoms with Crippen LogP contribution in [0.3, 0.4) is 0 Å². The lowest BCUT2D eigenvalue weighted by Crippen LogP contribution is -2.13. The van der Waals surface area contributed by atoms with Crippen molar-refractivity contribution >= 4 is 11.2 Å². The fraction of sp³-hybridized carbons (Fsp3) is 0.0833. The van der Waals surface area contributed by atoms with Crippen LogP contribution in [-0.4, -0.2) is 19.5 Å². The van der Waals surface area contributed by atoms with Crippen molar-refractivity contribution in [1.82, 2.24) is 19.5 Å². The van der Waals surface area contributed by atoms with E-state index in [9.17, 15) is 4.39 Å². The van der Waals surface area contributed by atoms with Gasteiger partial charge in [-0.15, -0.1) is 0 Å². The summed E-state index contributed by atoms with van der Waals surface area (Å²) in [5, 5.41) is 7.63. The van der Waals surface area contributed by atoms with E-state index < -0.39 is 0 Å². The van der Waals surface area contributed by atoms with Crippen LogP contribution in [0.15, 0.2) is 36.9 Å². The van der Waals surface area contributed by atoms with E-state index in [1.165, 1.54) is 18.7 Å². The molecule has 0 radical (unpaired) electrons. The first-order chi connectivity index (χ1) is 8.75. The van der Waals surface area contributed by atoms with Crippen LogP contribution >= 0.6 is 0 Å². The van der Waals surface area contributed by atoms with Crippen LogP contribution in [0.2, 0.25) is 0 Å². The smallest absolute Gasteiger partial charge is 0.173 e. The zero-order valence-corrected chi connectivity index (χ0v) is 9.39. The number of imidazole rings is 1. The molecule has 0 aliphatic heterocycles. The van der Waals surface area contributed by atoms with Crippen molar-refractivity contribution in [2.45, 2.75) is 6.54 Å². The van der Waals surface area contributed by atoms with Crippen molar-refractivity contribution in [2.75, 3.05) is 0 Å². The zero-order chi connectivity index (χ0) is 12.5. The standard InChI is InChI=1S/C12H10FN5/c13-9-4-2-1-3-8(9)5-18-7-17-11(14)10-12(18)16-6-15-10/h1-4,6-7,14H,5H2,(H,15,16). The number of hydrogen-bond acceptors (Lipinski definition) is 3. The van der Waals surface area contributed by atoms with Crippen LogP contribution in [0.4, 0.5) is 4.39 Å². The Bertz CT molecular complexity index is 758. The Labute approximate surface area is 101 Å². The van der Waals surface area contributed by atoms with Gasteiger partial charge in [0.1, 0.15) is 11.3 Å². The second kappa shape index (κ2) is 4.06. The molecule has 0 bridgehead atoms. The maximum Gasteiger partial charge on any atom is 0.173 e. The van der Waals surface area contributed by atoms with Crippen molar-refractivity contribution in [2.24, 2.45) is 0 Å². The van der Waals surface area contributed by atoms with E-state index in [4.69, 9.17) is 5.41 Å². The Hall–Kier alpha value is -2.50. The first-order valence-electron chi connectivity index (χ1n) is 5.42. The minimum Gasteiger partial charge on any atom is -0.340 e. The van der Waals surface area contributed by atoms with Gasteiger partial charge in [-0.3, -0.25) is 5.41 Å². The van der Waals surface area contributed by atoms with E-state index in [1.54, 1.807) is 22.8 Å². The highest BCUT2D eigenvalue weighted by molar-refractivity contribution is 5.68. The Balaban J connectivity index is 2.11. The van der Waals surface area contributed by atoms with Crippen molar-refractivity contribution in [3.05, 3.63) is 53.8 Å².